The van der Waals surface area contributed by atoms with Crippen molar-refractivity contribution < 1.29 is 0 Å². The van der Waals surface area contributed by atoms with Crippen molar-refractivity contribution >= 4 is 10.9 Å². The second kappa shape index (κ2) is 5.70. The maximum absolute atomic E-state index is 5.88. The van der Waals surface area contributed by atoms with Crippen LogP contribution >= 0.6 is 0 Å². The molecule has 1 aromatic carbocycles. The molecule has 0 saturated carbocycles. The summed E-state index contributed by atoms with van der Waals surface area (Å²) in [6, 6.07) is 11.2. The fraction of sp³-hybridized carbons (Fsp3) is 0.278. The lowest BCUT2D eigenvalue weighted by atomic mass is 10.1. The van der Waals surface area contributed by atoms with Crippen molar-refractivity contribution in [1.29, 1.82) is 0 Å². The molecule has 0 aliphatic carbocycles. The number of hydrogen-bond acceptors (Lipinski definition) is 2. The van der Waals surface area contributed by atoms with Gasteiger partial charge in [-0.2, -0.15) is 0 Å². The third kappa shape index (κ3) is 3.14. The molecule has 2 heterocycles. The van der Waals surface area contributed by atoms with Gasteiger partial charge in [0.25, 0.3) is 0 Å². The molecule has 0 radical (unpaired) electrons. The van der Waals surface area contributed by atoms with Crippen LogP contribution in [-0.2, 0) is 13.0 Å². The molecule has 3 nitrogen and oxygen atoms in total. The normalized spacial score (nSPS) is 12.7. The van der Waals surface area contributed by atoms with E-state index in [2.05, 4.69) is 53.0 Å². The lowest BCUT2D eigenvalue weighted by Crippen LogP contribution is -2.17. The van der Waals surface area contributed by atoms with Crippen molar-refractivity contribution in [3.8, 4) is 0 Å². The first-order valence-corrected chi connectivity index (χ1v) is 7.36. The Morgan fingerprint density at radius 1 is 1.14 bits per heavy atom. The van der Waals surface area contributed by atoms with E-state index in [1.54, 1.807) is 0 Å². The largest absolute Gasteiger partial charge is 0.343 e. The molecule has 3 aromatic rings. The Kier molecular flexibility index (Phi) is 3.76. The molecule has 21 heavy (non-hydrogen) atoms. The molecular formula is C18H21N3. The summed E-state index contributed by atoms with van der Waals surface area (Å²) in [5.41, 5.74) is 10.9. The fourth-order valence-corrected chi connectivity index (χ4v) is 2.79. The highest BCUT2D eigenvalue weighted by molar-refractivity contribution is 5.81. The zero-order chi connectivity index (χ0) is 14.8. The van der Waals surface area contributed by atoms with E-state index < -0.39 is 0 Å². The van der Waals surface area contributed by atoms with Gasteiger partial charge < -0.3 is 10.3 Å². The van der Waals surface area contributed by atoms with E-state index in [9.17, 15) is 0 Å². The van der Waals surface area contributed by atoms with Gasteiger partial charge in [-0.1, -0.05) is 12.1 Å². The Morgan fingerprint density at radius 2 is 2.00 bits per heavy atom. The predicted molar refractivity (Wildman–Crippen MR) is 87.4 cm³/mol. The highest BCUT2D eigenvalue weighted by atomic mass is 15.0. The molecule has 108 valence electrons. The number of hydrogen-bond donors (Lipinski definition) is 1. The smallest absolute Gasteiger partial charge is 0.0491 e. The summed E-state index contributed by atoms with van der Waals surface area (Å²) >= 11 is 0. The number of nitrogens with zero attached hydrogens (tertiary/aromatic N) is 2. The highest BCUT2D eigenvalue weighted by Gasteiger charge is 2.05. The van der Waals surface area contributed by atoms with Crippen LogP contribution in [0.4, 0.5) is 0 Å². The lowest BCUT2D eigenvalue weighted by molar-refractivity contribution is 0.738. The molecule has 1 unspecified atom stereocenters. The number of aromatic nitrogens is 2. The van der Waals surface area contributed by atoms with Crippen LogP contribution in [0.1, 0.15) is 23.6 Å². The van der Waals surface area contributed by atoms with Gasteiger partial charge in [0.15, 0.2) is 0 Å². The van der Waals surface area contributed by atoms with Crippen LogP contribution in [-0.4, -0.2) is 15.6 Å². The molecule has 0 aliphatic heterocycles. The number of pyridine rings is 1. The predicted octanol–water partition coefficient (Wildman–Crippen LogP) is 3.28. The second-order valence-corrected chi connectivity index (χ2v) is 5.89. The van der Waals surface area contributed by atoms with Crippen molar-refractivity contribution in [3.63, 3.8) is 0 Å². The van der Waals surface area contributed by atoms with Crippen LogP contribution in [0.3, 0.4) is 0 Å². The average Bonchev–Trinajstić information content (AvgIpc) is 2.81. The monoisotopic (exact) mass is 279 g/mol. The van der Waals surface area contributed by atoms with Gasteiger partial charge in [0.2, 0.25) is 0 Å². The van der Waals surface area contributed by atoms with Gasteiger partial charge in [0.05, 0.1) is 0 Å². The molecule has 0 fully saturated rings. The standard InChI is InChI=1S/C18H21N3/c1-13-7-16(11-20-10-13)12-21-6-5-17-9-15(8-14(2)19)3-4-18(17)21/h3-7,9-11,14H,8,12,19H2,1-2H3. The minimum absolute atomic E-state index is 0.197. The Hall–Kier alpha value is -2.13. The molecule has 2 N–H and O–H groups in total. The average molecular weight is 279 g/mol. The highest BCUT2D eigenvalue weighted by Crippen LogP contribution is 2.20. The van der Waals surface area contributed by atoms with Crippen molar-refractivity contribution in [2.75, 3.05) is 0 Å². The van der Waals surface area contributed by atoms with Crippen LogP contribution < -0.4 is 5.73 Å². The molecular weight excluding hydrogens is 258 g/mol. The topological polar surface area (TPSA) is 43.8 Å². The molecule has 3 heteroatoms. The minimum atomic E-state index is 0.197. The molecule has 0 aliphatic rings. The van der Waals surface area contributed by atoms with E-state index in [-0.39, 0.29) is 6.04 Å². The van der Waals surface area contributed by atoms with E-state index in [0.717, 1.165) is 13.0 Å². The molecule has 0 saturated heterocycles. The lowest BCUT2D eigenvalue weighted by Gasteiger charge is -2.08. The quantitative estimate of drug-likeness (QED) is 0.796. The fourth-order valence-electron chi connectivity index (χ4n) is 2.79. The summed E-state index contributed by atoms with van der Waals surface area (Å²) in [7, 11) is 0. The van der Waals surface area contributed by atoms with Crippen LogP contribution in [0.2, 0.25) is 0 Å². The van der Waals surface area contributed by atoms with Gasteiger partial charge in [0, 0.05) is 36.7 Å². The number of rotatable bonds is 4. The van der Waals surface area contributed by atoms with Gasteiger partial charge in [-0.05, 0) is 60.5 Å². The SMILES string of the molecule is Cc1cncc(Cn2ccc3cc(CC(C)N)ccc32)c1. The van der Waals surface area contributed by atoms with Gasteiger partial charge >= 0.3 is 0 Å². The minimum Gasteiger partial charge on any atom is -0.343 e. The molecule has 0 amide bonds. The molecule has 0 spiro atoms. The van der Waals surface area contributed by atoms with Gasteiger partial charge in [-0.25, -0.2) is 0 Å². The Labute approximate surface area is 125 Å². The van der Waals surface area contributed by atoms with E-state index in [4.69, 9.17) is 5.73 Å². The summed E-state index contributed by atoms with van der Waals surface area (Å²) in [5, 5.41) is 1.27. The Bertz CT molecular complexity index is 756. The summed E-state index contributed by atoms with van der Waals surface area (Å²) < 4.78 is 2.27. The Balaban J connectivity index is 1.90. The maximum Gasteiger partial charge on any atom is 0.0491 e. The maximum atomic E-state index is 5.88. The Morgan fingerprint density at radius 3 is 2.76 bits per heavy atom. The third-order valence-corrected chi connectivity index (χ3v) is 3.68. The van der Waals surface area contributed by atoms with Crippen molar-refractivity contribution in [2.45, 2.75) is 32.9 Å². The van der Waals surface area contributed by atoms with Crippen LogP contribution in [0.25, 0.3) is 10.9 Å². The number of nitrogens with two attached hydrogens (primary N) is 1. The van der Waals surface area contributed by atoms with Gasteiger partial charge in [-0.3, -0.25) is 4.98 Å². The summed E-state index contributed by atoms with van der Waals surface area (Å²) in [6.45, 7) is 4.97. The van der Waals surface area contributed by atoms with E-state index >= 15 is 0 Å². The van der Waals surface area contributed by atoms with Crippen LogP contribution in [0.5, 0.6) is 0 Å². The first kappa shape index (κ1) is 13.8. The van der Waals surface area contributed by atoms with Crippen molar-refractivity contribution in [2.24, 2.45) is 5.73 Å². The zero-order valence-electron chi connectivity index (χ0n) is 12.6. The second-order valence-electron chi connectivity index (χ2n) is 5.89. The number of aryl methyl sites for hydroxylation is 1. The molecule has 3 rings (SSSR count). The van der Waals surface area contributed by atoms with E-state index in [1.807, 2.05) is 19.3 Å². The molecule has 0 bridgehead atoms. The summed E-state index contributed by atoms with van der Waals surface area (Å²) in [5.74, 6) is 0. The van der Waals surface area contributed by atoms with Crippen molar-refractivity contribution in [1.82, 2.24) is 9.55 Å². The van der Waals surface area contributed by atoms with Crippen molar-refractivity contribution in [3.05, 3.63) is 65.6 Å². The van der Waals surface area contributed by atoms with E-state index in [0.29, 0.717) is 0 Å². The summed E-state index contributed by atoms with van der Waals surface area (Å²) in [4.78, 5) is 4.26. The third-order valence-electron chi connectivity index (χ3n) is 3.68. The molecule has 1 atom stereocenters. The van der Waals surface area contributed by atoms with Crippen LogP contribution in [0.15, 0.2) is 48.9 Å². The summed E-state index contributed by atoms with van der Waals surface area (Å²) in [6.07, 6.45) is 6.88. The first-order valence-electron chi connectivity index (χ1n) is 7.36. The number of fused-ring (bicyclic) bond motifs is 1. The zero-order valence-corrected chi connectivity index (χ0v) is 12.6. The van der Waals surface area contributed by atoms with E-state index in [1.165, 1.54) is 27.6 Å². The van der Waals surface area contributed by atoms with Crippen LogP contribution in [0, 0.1) is 6.92 Å². The van der Waals surface area contributed by atoms with Gasteiger partial charge in [-0.15, -0.1) is 0 Å². The van der Waals surface area contributed by atoms with Gasteiger partial charge in [0.1, 0.15) is 0 Å². The molecule has 2 aromatic heterocycles. The first-order chi connectivity index (χ1) is 10.1. The number of benzene rings is 1.